The Bertz CT molecular complexity index is 937. The Morgan fingerprint density at radius 2 is 1.92 bits per heavy atom. The summed E-state index contributed by atoms with van der Waals surface area (Å²) < 4.78 is 0. The molecule has 5 nitrogen and oxygen atoms in total. The molecule has 0 amide bonds. The van der Waals surface area contributed by atoms with Gasteiger partial charge in [-0.2, -0.15) is 0 Å². The van der Waals surface area contributed by atoms with Crippen molar-refractivity contribution in [3.8, 4) is 0 Å². The molecule has 0 spiro atoms. The summed E-state index contributed by atoms with van der Waals surface area (Å²) >= 11 is 0. The summed E-state index contributed by atoms with van der Waals surface area (Å²) in [5.74, 6) is -0.194. The SMILES string of the molecule is O=C(O)/C=C/c1cccc(N(CCCO)c2ccc3ccccc3n2)c1. The number of hydrogen-bond acceptors (Lipinski definition) is 4. The molecule has 2 aromatic carbocycles. The Hall–Kier alpha value is -3.18. The van der Waals surface area contributed by atoms with Gasteiger partial charge >= 0.3 is 5.97 Å². The fourth-order valence-electron chi connectivity index (χ4n) is 2.77. The number of aliphatic hydroxyl groups excluding tert-OH is 1. The molecule has 0 radical (unpaired) electrons. The maximum Gasteiger partial charge on any atom is 0.328 e. The van der Waals surface area contributed by atoms with Gasteiger partial charge in [0.15, 0.2) is 0 Å². The maximum atomic E-state index is 10.7. The number of nitrogens with zero attached hydrogens (tertiary/aromatic N) is 2. The standard InChI is InChI=1S/C21H20N2O3/c24-14-4-13-23(18-7-3-5-16(15-18)9-12-21(25)26)20-11-10-17-6-1-2-8-19(17)22-20/h1-3,5-12,15,24H,4,13-14H2,(H,25,26)/b12-9+. The topological polar surface area (TPSA) is 73.7 Å². The van der Waals surface area contributed by atoms with Crippen molar-refractivity contribution in [2.45, 2.75) is 6.42 Å². The average Bonchev–Trinajstić information content (AvgIpc) is 2.67. The Balaban J connectivity index is 1.99. The molecule has 0 saturated heterocycles. The minimum atomic E-state index is -0.983. The van der Waals surface area contributed by atoms with E-state index in [1.165, 1.54) is 0 Å². The van der Waals surface area contributed by atoms with Crippen molar-refractivity contribution >= 4 is 34.5 Å². The van der Waals surface area contributed by atoms with Crippen molar-refractivity contribution in [2.24, 2.45) is 0 Å². The first-order valence-corrected chi connectivity index (χ1v) is 8.42. The van der Waals surface area contributed by atoms with E-state index in [9.17, 15) is 9.90 Å². The van der Waals surface area contributed by atoms with Gasteiger partial charge in [-0.25, -0.2) is 9.78 Å². The molecule has 1 aromatic heterocycles. The fourth-order valence-corrected chi connectivity index (χ4v) is 2.77. The molecule has 5 heteroatoms. The number of pyridine rings is 1. The van der Waals surface area contributed by atoms with Gasteiger partial charge in [0.25, 0.3) is 0 Å². The molecule has 0 aliphatic carbocycles. The van der Waals surface area contributed by atoms with Crippen molar-refractivity contribution in [3.63, 3.8) is 0 Å². The highest BCUT2D eigenvalue weighted by molar-refractivity contribution is 5.85. The minimum Gasteiger partial charge on any atom is -0.478 e. The van der Waals surface area contributed by atoms with Gasteiger partial charge in [0, 0.05) is 30.3 Å². The van der Waals surface area contributed by atoms with Gasteiger partial charge in [0.05, 0.1) is 5.52 Å². The number of benzene rings is 2. The molecule has 0 saturated carbocycles. The van der Waals surface area contributed by atoms with Gasteiger partial charge in [-0.3, -0.25) is 0 Å². The van der Waals surface area contributed by atoms with Crippen molar-refractivity contribution < 1.29 is 15.0 Å². The first kappa shape index (κ1) is 17.6. The minimum absolute atomic E-state index is 0.0860. The Labute approximate surface area is 151 Å². The van der Waals surface area contributed by atoms with Crippen LogP contribution in [0.1, 0.15) is 12.0 Å². The van der Waals surface area contributed by atoms with Gasteiger partial charge in [-0.1, -0.05) is 30.3 Å². The second-order valence-electron chi connectivity index (χ2n) is 5.86. The third-order valence-corrected chi connectivity index (χ3v) is 4.00. The zero-order valence-electron chi connectivity index (χ0n) is 14.2. The Morgan fingerprint density at radius 1 is 1.08 bits per heavy atom. The van der Waals surface area contributed by atoms with E-state index in [4.69, 9.17) is 10.1 Å². The number of carboxylic acids is 1. The van der Waals surface area contributed by atoms with Gasteiger partial charge in [0.1, 0.15) is 5.82 Å². The fraction of sp³-hybridized carbons (Fsp3) is 0.143. The predicted molar refractivity (Wildman–Crippen MR) is 104 cm³/mol. The summed E-state index contributed by atoms with van der Waals surface area (Å²) in [7, 11) is 0. The van der Waals surface area contributed by atoms with Crippen LogP contribution in [-0.2, 0) is 4.79 Å². The highest BCUT2D eigenvalue weighted by Gasteiger charge is 2.11. The highest BCUT2D eigenvalue weighted by atomic mass is 16.4. The molecule has 132 valence electrons. The zero-order chi connectivity index (χ0) is 18.4. The van der Waals surface area contributed by atoms with Crippen LogP contribution in [-0.4, -0.2) is 34.3 Å². The predicted octanol–water partition coefficient (Wildman–Crippen LogP) is 3.85. The number of aromatic nitrogens is 1. The number of carboxylic acid groups (broad SMARTS) is 1. The van der Waals surface area contributed by atoms with Crippen molar-refractivity contribution in [1.82, 2.24) is 4.98 Å². The van der Waals surface area contributed by atoms with Crippen LogP contribution < -0.4 is 4.90 Å². The van der Waals surface area contributed by atoms with E-state index >= 15 is 0 Å². The van der Waals surface area contributed by atoms with Crippen LogP contribution in [0.5, 0.6) is 0 Å². The second-order valence-corrected chi connectivity index (χ2v) is 5.86. The molecular weight excluding hydrogens is 328 g/mol. The molecule has 0 unspecified atom stereocenters. The van der Waals surface area contributed by atoms with Crippen molar-refractivity contribution in [3.05, 3.63) is 72.3 Å². The second kappa shape index (κ2) is 8.27. The first-order valence-electron chi connectivity index (χ1n) is 8.42. The Kier molecular flexibility index (Phi) is 5.61. The lowest BCUT2D eigenvalue weighted by molar-refractivity contribution is -0.131. The molecule has 0 fully saturated rings. The summed E-state index contributed by atoms with van der Waals surface area (Å²) in [5.41, 5.74) is 2.59. The smallest absolute Gasteiger partial charge is 0.328 e. The number of rotatable bonds is 7. The van der Waals surface area contributed by atoms with E-state index < -0.39 is 5.97 Å². The monoisotopic (exact) mass is 348 g/mol. The number of hydrogen-bond donors (Lipinski definition) is 2. The quantitative estimate of drug-likeness (QED) is 0.635. The summed E-state index contributed by atoms with van der Waals surface area (Å²) in [4.78, 5) is 17.5. The molecular formula is C21H20N2O3. The molecule has 0 atom stereocenters. The largest absolute Gasteiger partial charge is 0.478 e. The summed E-state index contributed by atoms with van der Waals surface area (Å²) in [6.45, 7) is 0.691. The zero-order valence-corrected chi connectivity index (χ0v) is 14.2. The molecule has 0 aliphatic heterocycles. The first-order chi connectivity index (χ1) is 12.7. The van der Waals surface area contributed by atoms with Crippen LogP contribution in [0.3, 0.4) is 0 Å². The lowest BCUT2D eigenvalue weighted by atomic mass is 10.1. The maximum absolute atomic E-state index is 10.7. The van der Waals surface area contributed by atoms with Crippen LogP contribution in [0.15, 0.2) is 66.7 Å². The number of para-hydroxylation sites is 1. The number of aliphatic hydroxyl groups is 1. The van der Waals surface area contributed by atoms with E-state index in [2.05, 4.69) is 0 Å². The molecule has 26 heavy (non-hydrogen) atoms. The molecule has 3 rings (SSSR count). The average molecular weight is 348 g/mol. The van der Waals surface area contributed by atoms with Crippen LogP contribution in [0.25, 0.3) is 17.0 Å². The van der Waals surface area contributed by atoms with E-state index in [1.54, 1.807) is 6.08 Å². The van der Waals surface area contributed by atoms with E-state index in [-0.39, 0.29) is 6.61 Å². The van der Waals surface area contributed by atoms with Gasteiger partial charge in [-0.15, -0.1) is 0 Å². The van der Waals surface area contributed by atoms with Crippen molar-refractivity contribution in [1.29, 1.82) is 0 Å². The van der Waals surface area contributed by atoms with Crippen molar-refractivity contribution in [2.75, 3.05) is 18.1 Å². The van der Waals surface area contributed by atoms with E-state index in [0.717, 1.165) is 34.0 Å². The summed E-state index contributed by atoms with van der Waals surface area (Å²) in [5, 5.41) is 19.1. The lowest BCUT2D eigenvalue weighted by Crippen LogP contribution is -2.20. The van der Waals surface area contributed by atoms with Gasteiger partial charge in [0.2, 0.25) is 0 Å². The number of anilines is 2. The van der Waals surface area contributed by atoms with Crippen LogP contribution >= 0.6 is 0 Å². The number of carbonyl (C=O) groups is 1. The molecule has 3 aromatic rings. The van der Waals surface area contributed by atoms with E-state index in [0.29, 0.717) is 13.0 Å². The lowest BCUT2D eigenvalue weighted by Gasteiger charge is -2.24. The molecule has 2 N–H and O–H groups in total. The number of aliphatic carboxylic acids is 1. The third-order valence-electron chi connectivity index (χ3n) is 4.00. The third kappa shape index (κ3) is 4.26. The van der Waals surface area contributed by atoms with E-state index in [1.807, 2.05) is 65.6 Å². The van der Waals surface area contributed by atoms with Gasteiger partial charge < -0.3 is 15.1 Å². The van der Waals surface area contributed by atoms with Crippen LogP contribution in [0.2, 0.25) is 0 Å². The highest BCUT2D eigenvalue weighted by Crippen LogP contribution is 2.27. The summed E-state index contributed by atoms with van der Waals surface area (Å²) in [6.07, 6.45) is 3.28. The van der Waals surface area contributed by atoms with Gasteiger partial charge in [-0.05, 0) is 48.4 Å². The number of fused-ring (bicyclic) bond motifs is 1. The van der Waals surface area contributed by atoms with Crippen LogP contribution in [0, 0.1) is 0 Å². The molecule has 0 aliphatic rings. The molecule has 0 bridgehead atoms. The summed E-state index contributed by atoms with van der Waals surface area (Å²) in [6, 6.07) is 19.5. The molecule has 1 heterocycles. The normalized spacial score (nSPS) is 11.1. The van der Waals surface area contributed by atoms with Crippen LogP contribution in [0.4, 0.5) is 11.5 Å². The Morgan fingerprint density at radius 3 is 2.73 bits per heavy atom.